The van der Waals surface area contributed by atoms with Gasteiger partial charge in [-0.1, -0.05) is 33.1 Å². The van der Waals surface area contributed by atoms with Gasteiger partial charge in [-0.2, -0.15) is 0 Å². The lowest BCUT2D eigenvalue weighted by atomic mass is 10.1. The number of benzene rings is 1. The molecule has 1 aromatic carbocycles. The number of carbonyl (C=O) groups is 1. The van der Waals surface area contributed by atoms with Crippen molar-refractivity contribution in [2.45, 2.75) is 83.2 Å². The van der Waals surface area contributed by atoms with Gasteiger partial charge in [-0.15, -0.1) is 0 Å². The number of unbranched alkanes of at least 4 members (excludes halogenated alkanes) is 2. The van der Waals surface area contributed by atoms with Gasteiger partial charge in [0.1, 0.15) is 5.82 Å². The van der Waals surface area contributed by atoms with E-state index in [9.17, 15) is 13.2 Å². The standard InChI is InChI=1S/C20H32N4O3S/c1-4-6-7-8-15(3)22-20(25)12-11-19-23-17-14-16(28(21,26)27)9-10-18(17)24(19)13-5-2/h9-10,14-15H,4-8,11-13H2,1-3H3,(H,22,25)(H2,21,26,27)/t15-/m0/s1. The predicted octanol–water partition coefficient (Wildman–Crippen LogP) is 3.11. The lowest BCUT2D eigenvalue weighted by molar-refractivity contribution is -0.121. The largest absolute Gasteiger partial charge is 0.354 e. The minimum atomic E-state index is -3.77. The van der Waals surface area contributed by atoms with Gasteiger partial charge >= 0.3 is 0 Å². The number of primary sulfonamides is 1. The second-order valence-corrected chi connectivity index (χ2v) is 8.90. The number of carbonyl (C=O) groups excluding carboxylic acids is 1. The molecule has 8 heteroatoms. The van der Waals surface area contributed by atoms with Crippen molar-refractivity contribution < 1.29 is 13.2 Å². The Labute approximate surface area is 167 Å². The number of nitrogens with one attached hydrogen (secondary N) is 1. The number of nitrogens with zero attached hydrogens (tertiary/aromatic N) is 2. The molecule has 28 heavy (non-hydrogen) atoms. The third-order valence-electron chi connectivity index (χ3n) is 4.80. The van der Waals surface area contributed by atoms with Crippen LogP contribution in [0.15, 0.2) is 23.1 Å². The van der Waals surface area contributed by atoms with Gasteiger partial charge in [0.25, 0.3) is 0 Å². The number of imidazole rings is 1. The molecule has 0 saturated heterocycles. The highest BCUT2D eigenvalue weighted by Crippen LogP contribution is 2.21. The number of nitrogens with two attached hydrogens (primary N) is 1. The number of hydrogen-bond donors (Lipinski definition) is 2. The number of hydrogen-bond acceptors (Lipinski definition) is 4. The lowest BCUT2D eigenvalue weighted by Gasteiger charge is -2.14. The van der Waals surface area contributed by atoms with E-state index in [2.05, 4.69) is 28.7 Å². The summed E-state index contributed by atoms with van der Waals surface area (Å²) < 4.78 is 25.2. The van der Waals surface area contributed by atoms with Crippen LogP contribution in [-0.4, -0.2) is 29.9 Å². The molecular weight excluding hydrogens is 376 g/mol. The highest BCUT2D eigenvalue weighted by Gasteiger charge is 2.16. The number of fused-ring (bicyclic) bond motifs is 1. The highest BCUT2D eigenvalue weighted by molar-refractivity contribution is 7.89. The zero-order valence-electron chi connectivity index (χ0n) is 17.1. The zero-order chi connectivity index (χ0) is 20.7. The molecule has 156 valence electrons. The van der Waals surface area contributed by atoms with E-state index in [1.807, 2.05) is 6.92 Å². The molecule has 1 atom stereocenters. The van der Waals surface area contributed by atoms with Crippen molar-refractivity contribution in [2.24, 2.45) is 5.14 Å². The smallest absolute Gasteiger partial charge is 0.238 e. The average Bonchev–Trinajstić information content (AvgIpc) is 2.97. The van der Waals surface area contributed by atoms with Crippen LogP contribution >= 0.6 is 0 Å². The van der Waals surface area contributed by atoms with Crippen LogP contribution in [-0.2, 0) is 27.8 Å². The maximum Gasteiger partial charge on any atom is 0.238 e. The number of aromatic nitrogens is 2. The molecule has 1 aromatic heterocycles. The van der Waals surface area contributed by atoms with Crippen LogP contribution in [0.4, 0.5) is 0 Å². The van der Waals surface area contributed by atoms with E-state index >= 15 is 0 Å². The normalized spacial score (nSPS) is 13.0. The molecule has 1 heterocycles. The molecule has 0 fully saturated rings. The maximum absolute atomic E-state index is 12.3. The van der Waals surface area contributed by atoms with Gasteiger partial charge < -0.3 is 9.88 Å². The molecule has 0 saturated carbocycles. The molecule has 0 spiro atoms. The van der Waals surface area contributed by atoms with E-state index in [4.69, 9.17) is 5.14 Å². The van der Waals surface area contributed by atoms with E-state index in [-0.39, 0.29) is 16.8 Å². The van der Waals surface area contributed by atoms with Crippen LogP contribution in [0, 0.1) is 0 Å². The fourth-order valence-corrected chi connectivity index (χ4v) is 3.88. The third kappa shape index (κ3) is 6.04. The van der Waals surface area contributed by atoms with Crippen molar-refractivity contribution in [1.29, 1.82) is 0 Å². The Bertz CT molecular complexity index is 906. The summed E-state index contributed by atoms with van der Waals surface area (Å²) in [6.45, 7) is 7.03. The van der Waals surface area contributed by atoms with Crippen molar-refractivity contribution in [3.8, 4) is 0 Å². The molecule has 3 N–H and O–H groups in total. The summed E-state index contributed by atoms with van der Waals surface area (Å²) in [5.74, 6) is 0.807. The van der Waals surface area contributed by atoms with E-state index in [0.717, 1.165) is 37.1 Å². The highest BCUT2D eigenvalue weighted by atomic mass is 32.2. The average molecular weight is 409 g/mol. The van der Waals surface area contributed by atoms with Crippen LogP contribution in [0.2, 0.25) is 0 Å². The Morgan fingerprint density at radius 2 is 2.00 bits per heavy atom. The molecule has 0 unspecified atom stereocenters. The Morgan fingerprint density at radius 3 is 2.64 bits per heavy atom. The summed E-state index contributed by atoms with van der Waals surface area (Å²) in [5, 5.41) is 8.28. The van der Waals surface area contributed by atoms with Crippen molar-refractivity contribution in [3.63, 3.8) is 0 Å². The Morgan fingerprint density at radius 1 is 1.25 bits per heavy atom. The zero-order valence-corrected chi connectivity index (χ0v) is 17.9. The van der Waals surface area contributed by atoms with E-state index in [0.29, 0.717) is 18.4 Å². The first-order chi connectivity index (χ1) is 13.3. The Kier molecular flexibility index (Phi) is 8.00. The summed E-state index contributed by atoms with van der Waals surface area (Å²) in [5.41, 5.74) is 1.45. The molecule has 2 rings (SSSR count). The predicted molar refractivity (Wildman–Crippen MR) is 111 cm³/mol. The SMILES string of the molecule is CCCCC[C@H](C)NC(=O)CCc1nc2cc(S(N)(=O)=O)ccc2n1CCC. The summed E-state index contributed by atoms with van der Waals surface area (Å²) >= 11 is 0. The molecule has 7 nitrogen and oxygen atoms in total. The van der Waals surface area contributed by atoms with Crippen molar-refractivity contribution >= 4 is 27.0 Å². The first-order valence-corrected chi connectivity index (χ1v) is 11.6. The van der Waals surface area contributed by atoms with Crippen LogP contribution < -0.4 is 10.5 Å². The fourth-order valence-electron chi connectivity index (χ4n) is 3.35. The van der Waals surface area contributed by atoms with E-state index in [1.165, 1.54) is 25.0 Å². The van der Waals surface area contributed by atoms with Crippen LogP contribution in [0.5, 0.6) is 0 Å². The molecule has 0 aliphatic rings. The molecular formula is C20H32N4O3S. The number of aryl methyl sites for hydroxylation is 2. The number of rotatable bonds is 11. The van der Waals surface area contributed by atoms with Gasteiger partial charge in [-0.05, 0) is 38.0 Å². The Balaban J connectivity index is 2.10. The minimum absolute atomic E-state index is 0.0179. The van der Waals surface area contributed by atoms with Crippen LogP contribution in [0.3, 0.4) is 0 Å². The van der Waals surface area contributed by atoms with Crippen LogP contribution in [0.1, 0.15) is 65.1 Å². The summed E-state index contributed by atoms with van der Waals surface area (Å²) in [7, 11) is -3.77. The molecule has 2 aromatic rings. The quantitative estimate of drug-likeness (QED) is 0.557. The van der Waals surface area contributed by atoms with Crippen molar-refractivity contribution in [1.82, 2.24) is 14.9 Å². The first-order valence-electron chi connectivity index (χ1n) is 10.1. The van der Waals surface area contributed by atoms with Crippen molar-refractivity contribution in [2.75, 3.05) is 0 Å². The maximum atomic E-state index is 12.3. The van der Waals surface area contributed by atoms with Gasteiger partial charge in [0.15, 0.2) is 0 Å². The van der Waals surface area contributed by atoms with Gasteiger partial charge in [-0.3, -0.25) is 4.79 Å². The summed E-state index contributed by atoms with van der Waals surface area (Å²) in [4.78, 5) is 16.9. The topological polar surface area (TPSA) is 107 Å². The van der Waals surface area contributed by atoms with Gasteiger partial charge in [0.05, 0.1) is 15.9 Å². The molecule has 0 radical (unpaired) electrons. The monoisotopic (exact) mass is 408 g/mol. The second kappa shape index (κ2) is 10.0. The van der Waals surface area contributed by atoms with Gasteiger partial charge in [0.2, 0.25) is 15.9 Å². The molecule has 0 bridgehead atoms. The molecule has 0 aliphatic heterocycles. The number of amides is 1. The van der Waals surface area contributed by atoms with E-state index < -0.39 is 10.0 Å². The molecule has 0 aliphatic carbocycles. The molecule has 1 amide bonds. The first kappa shape index (κ1) is 22.4. The third-order valence-corrected chi connectivity index (χ3v) is 5.71. The summed E-state index contributed by atoms with van der Waals surface area (Å²) in [6.07, 6.45) is 6.24. The lowest BCUT2D eigenvalue weighted by Crippen LogP contribution is -2.32. The van der Waals surface area contributed by atoms with E-state index in [1.54, 1.807) is 6.07 Å². The van der Waals surface area contributed by atoms with Gasteiger partial charge in [0, 0.05) is 25.4 Å². The summed E-state index contributed by atoms with van der Waals surface area (Å²) in [6, 6.07) is 4.90. The Hall–Kier alpha value is -1.93. The second-order valence-electron chi connectivity index (χ2n) is 7.34. The van der Waals surface area contributed by atoms with Crippen molar-refractivity contribution in [3.05, 3.63) is 24.0 Å². The number of sulfonamides is 1. The van der Waals surface area contributed by atoms with Crippen LogP contribution in [0.25, 0.3) is 11.0 Å². The van der Waals surface area contributed by atoms with Gasteiger partial charge in [-0.25, -0.2) is 18.5 Å². The minimum Gasteiger partial charge on any atom is -0.354 e. The fraction of sp³-hybridized carbons (Fsp3) is 0.600.